The second kappa shape index (κ2) is 15.0. The molecule has 3 heteroatoms. The first-order valence-corrected chi connectivity index (χ1v) is 20.4. The molecule has 0 amide bonds. The van der Waals surface area contributed by atoms with Crippen molar-refractivity contribution in [3.63, 3.8) is 0 Å². The van der Waals surface area contributed by atoms with Crippen LogP contribution < -0.4 is 0 Å². The van der Waals surface area contributed by atoms with Crippen molar-refractivity contribution in [2.75, 3.05) is 0 Å². The Balaban J connectivity index is 0.000000122. The fraction of sp³-hybridized carbons (Fsp3) is 0.429. The minimum Gasteiger partial charge on any atom is -0.361 e. The van der Waals surface area contributed by atoms with E-state index in [1.165, 1.54) is 68.7 Å². The SMILES string of the molecule is CC/C=C/c1cc2c(c3[nH]ccc13)[C@@H](C)CC2C.CC/C=C/c1cc2cc[nH]c2c2c1C(C)C[C@@H]2C.CCc1cc2c(c3[nH]ccc13)[C@@H](C)CC2C. The largest absolute Gasteiger partial charge is 0.361 e. The van der Waals surface area contributed by atoms with Gasteiger partial charge in [0.25, 0.3) is 0 Å². The van der Waals surface area contributed by atoms with E-state index >= 15 is 0 Å². The van der Waals surface area contributed by atoms with Crippen molar-refractivity contribution in [3.8, 4) is 0 Å². The van der Waals surface area contributed by atoms with Crippen molar-refractivity contribution in [1.82, 2.24) is 15.0 Å². The lowest BCUT2D eigenvalue weighted by Crippen LogP contribution is -1.93. The minimum atomic E-state index is 0.672. The number of rotatable bonds is 5. The van der Waals surface area contributed by atoms with E-state index in [1.807, 2.05) is 0 Å². The number of fused-ring (bicyclic) bond motifs is 9. The highest BCUT2D eigenvalue weighted by Crippen LogP contribution is 2.48. The molecule has 6 atom stereocenters. The number of nitrogens with one attached hydrogen (secondary N) is 3. The summed E-state index contributed by atoms with van der Waals surface area (Å²) in [6.07, 6.45) is 22.5. The first-order chi connectivity index (χ1) is 25.2. The Kier molecular flexibility index (Phi) is 10.4. The van der Waals surface area contributed by atoms with Crippen molar-refractivity contribution in [3.05, 3.63) is 117 Å². The Morgan fingerprint density at radius 2 is 1.02 bits per heavy atom. The molecule has 9 rings (SSSR count). The average Bonchev–Trinajstić information content (AvgIpc) is 3.99. The smallest absolute Gasteiger partial charge is 0.0498 e. The van der Waals surface area contributed by atoms with Gasteiger partial charge in [-0.25, -0.2) is 0 Å². The third kappa shape index (κ3) is 6.39. The van der Waals surface area contributed by atoms with Crippen LogP contribution in [0.2, 0.25) is 0 Å². The Bertz CT molecular complexity index is 2250. The molecule has 3 nitrogen and oxygen atoms in total. The maximum atomic E-state index is 3.45. The van der Waals surface area contributed by atoms with Gasteiger partial charge in [0.2, 0.25) is 0 Å². The summed E-state index contributed by atoms with van der Waals surface area (Å²) in [4.78, 5) is 10.3. The summed E-state index contributed by atoms with van der Waals surface area (Å²) in [5.41, 5.74) is 17.8. The predicted molar refractivity (Wildman–Crippen MR) is 227 cm³/mol. The topological polar surface area (TPSA) is 47.4 Å². The lowest BCUT2D eigenvalue weighted by atomic mass is 9.94. The Hall–Kier alpha value is -4.24. The van der Waals surface area contributed by atoms with E-state index in [0.29, 0.717) is 29.6 Å². The number of hydrogen-bond acceptors (Lipinski definition) is 0. The number of benzene rings is 3. The zero-order valence-corrected chi connectivity index (χ0v) is 33.2. The van der Waals surface area contributed by atoms with Gasteiger partial charge < -0.3 is 15.0 Å². The molecule has 0 radical (unpaired) electrons. The standard InChI is InChI=1S/2C17H21N.C15H19N/c1-4-5-6-13-10-15-11(2)9-12(3)16(15)17-14(13)7-8-18-17;1-4-5-6-13-10-14-7-8-18-17(14)16-12(3)9-11(2)15(13)16;1-4-11-8-13-9(2)7-10(3)14(13)15-12(11)5-6-16-15/h2*5-8,10-12,18H,4,9H2,1-3H3;5-6,8-10,16H,4,7H2,1-3H3/b2*6-5+;/t2*11?,12-;9?,10-/m000/s1. The lowest BCUT2D eigenvalue weighted by Gasteiger charge is -2.11. The van der Waals surface area contributed by atoms with Crippen molar-refractivity contribution in [2.24, 2.45) is 0 Å². The third-order valence-corrected chi connectivity index (χ3v) is 12.5. The number of hydrogen-bond donors (Lipinski definition) is 3. The van der Waals surface area contributed by atoms with Crippen molar-refractivity contribution in [1.29, 1.82) is 0 Å². The molecule has 0 spiro atoms. The highest BCUT2D eigenvalue weighted by Gasteiger charge is 2.31. The van der Waals surface area contributed by atoms with E-state index in [-0.39, 0.29) is 0 Å². The molecule has 0 saturated heterocycles. The molecule has 3 aromatic carbocycles. The van der Waals surface area contributed by atoms with Gasteiger partial charge in [0.05, 0.1) is 0 Å². The number of aryl methyl sites for hydroxylation is 1. The van der Waals surface area contributed by atoms with Crippen LogP contribution in [0, 0.1) is 0 Å². The molecule has 0 bridgehead atoms. The highest BCUT2D eigenvalue weighted by molar-refractivity contribution is 5.93. The maximum Gasteiger partial charge on any atom is 0.0498 e. The van der Waals surface area contributed by atoms with E-state index < -0.39 is 0 Å². The van der Waals surface area contributed by atoms with Gasteiger partial charge in [-0.2, -0.15) is 0 Å². The molecule has 6 aromatic rings. The van der Waals surface area contributed by atoms with Crippen molar-refractivity contribution < 1.29 is 0 Å². The van der Waals surface area contributed by atoms with Crippen molar-refractivity contribution in [2.45, 2.75) is 136 Å². The van der Waals surface area contributed by atoms with Crippen LogP contribution in [0.5, 0.6) is 0 Å². The van der Waals surface area contributed by atoms with Gasteiger partial charge in [0, 0.05) is 51.3 Å². The molecule has 3 unspecified atom stereocenters. The van der Waals surface area contributed by atoms with Crippen molar-refractivity contribution >= 4 is 44.9 Å². The summed E-state index contributed by atoms with van der Waals surface area (Å²) < 4.78 is 0. The molecule has 3 N–H and O–H groups in total. The summed E-state index contributed by atoms with van der Waals surface area (Å²) >= 11 is 0. The molecule has 52 heavy (non-hydrogen) atoms. The number of H-pyrrole nitrogens is 3. The molecule has 272 valence electrons. The highest BCUT2D eigenvalue weighted by atomic mass is 14.7. The fourth-order valence-corrected chi connectivity index (χ4v) is 10.2. The van der Waals surface area contributed by atoms with Crippen LogP contribution in [0.3, 0.4) is 0 Å². The molecule has 0 fully saturated rings. The van der Waals surface area contributed by atoms with Crippen LogP contribution in [-0.2, 0) is 6.42 Å². The summed E-state index contributed by atoms with van der Waals surface area (Å²) in [6, 6.07) is 13.8. The minimum absolute atomic E-state index is 0.672. The third-order valence-electron chi connectivity index (χ3n) is 12.5. The van der Waals surface area contributed by atoms with Crippen LogP contribution in [0.15, 0.2) is 67.1 Å². The summed E-state index contributed by atoms with van der Waals surface area (Å²) in [7, 11) is 0. The lowest BCUT2D eigenvalue weighted by molar-refractivity contribution is 0.662. The zero-order valence-electron chi connectivity index (χ0n) is 33.2. The average molecular weight is 692 g/mol. The first kappa shape index (κ1) is 36.1. The molecule has 0 saturated carbocycles. The number of allylic oxidation sites excluding steroid dienone is 2. The van der Waals surface area contributed by atoms with Gasteiger partial charge in [0.15, 0.2) is 0 Å². The zero-order chi connectivity index (χ0) is 36.7. The van der Waals surface area contributed by atoms with E-state index in [2.05, 4.69) is 157 Å². The molecule has 3 heterocycles. The van der Waals surface area contributed by atoms with E-state index in [1.54, 1.807) is 33.4 Å². The Morgan fingerprint density at radius 3 is 1.65 bits per heavy atom. The molecular formula is C49H61N3. The number of aromatic amines is 3. The van der Waals surface area contributed by atoms with Gasteiger partial charge >= 0.3 is 0 Å². The maximum absolute atomic E-state index is 3.45. The van der Waals surface area contributed by atoms with Gasteiger partial charge in [-0.05, 0) is 148 Å². The predicted octanol–water partition coefficient (Wildman–Crippen LogP) is 14.7. The molecule has 0 aliphatic heterocycles. The summed E-state index contributed by atoms with van der Waals surface area (Å²) in [6.45, 7) is 20.8. The van der Waals surface area contributed by atoms with Crippen LogP contribution in [0.1, 0.15) is 180 Å². The quantitative estimate of drug-likeness (QED) is 0.161. The van der Waals surface area contributed by atoms with Crippen LogP contribution in [0.25, 0.3) is 44.9 Å². The molecular weight excluding hydrogens is 631 g/mol. The van der Waals surface area contributed by atoms with E-state index in [0.717, 1.165) is 25.2 Å². The molecule has 3 aliphatic carbocycles. The van der Waals surface area contributed by atoms with E-state index in [4.69, 9.17) is 0 Å². The summed E-state index contributed by atoms with van der Waals surface area (Å²) in [5.74, 6) is 4.15. The Morgan fingerprint density at radius 1 is 0.519 bits per heavy atom. The first-order valence-electron chi connectivity index (χ1n) is 20.4. The fourth-order valence-electron chi connectivity index (χ4n) is 10.2. The van der Waals surface area contributed by atoms with Crippen LogP contribution in [0.4, 0.5) is 0 Å². The van der Waals surface area contributed by atoms with Crippen LogP contribution in [-0.4, -0.2) is 15.0 Å². The number of aromatic nitrogens is 3. The van der Waals surface area contributed by atoms with E-state index in [9.17, 15) is 0 Å². The van der Waals surface area contributed by atoms with Gasteiger partial charge in [-0.1, -0.05) is 98.8 Å². The monoisotopic (exact) mass is 691 g/mol. The second-order valence-electron chi connectivity index (χ2n) is 16.4. The molecule has 3 aliphatic rings. The molecule has 3 aromatic heterocycles. The summed E-state index contributed by atoms with van der Waals surface area (Å²) in [5, 5.41) is 4.16. The second-order valence-corrected chi connectivity index (χ2v) is 16.4. The van der Waals surface area contributed by atoms with Gasteiger partial charge in [-0.3, -0.25) is 0 Å². The van der Waals surface area contributed by atoms with Gasteiger partial charge in [-0.15, -0.1) is 0 Å². The van der Waals surface area contributed by atoms with Crippen LogP contribution >= 0.6 is 0 Å². The Labute approximate surface area is 312 Å². The normalized spacial score (nSPS) is 23.3. The van der Waals surface area contributed by atoms with Gasteiger partial charge in [0.1, 0.15) is 0 Å².